The van der Waals surface area contributed by atoms with Crippen molar-refractivity contribution in [3.63, 3.8) is 0 Å². The Kier molecular flexibility index (Phi) is 2.34. The largest absolute Gasteiger partial charge is 0.398 e. The summed E-state index contributed by atoms with van der Waals surface area (Å²) < 4.78 is 1.62. The molecule has 0 spiro atoms. The normalized spacial score (nSPS) is 10.7. The third-order valence-electron chi connectivity index (χ3n) is 2.70. The van der Waals surface area contributed by atoms with Crippen LogP contribution in [0.4, 0.5) is 11.4 Å². The summed E-state index contributed by atoms with van der Waals surface area (Å²) >= 11 is 0. The number of nitro benzene ring substituents is 1. The highest BCUT2D eigenvalue weighted by molar-refractivity contribution is 5.75. The maximum atomic E-state index is 10.8. The Morgan fingerprint density at radius 2 is 2.11 bits per heavy atom. The SMILES string of the molecule is Nc1ccc([N+](=O)[O-])cc1-c1nnc2ccncn12. The molecule has 2 heterocycles. The maximum absolute atomic E-state index is 10.8. The van der Waals surface area contributed by atoms with E-state index >= 15 is 0 Å². The van der Waals surface area contributed by atoms with Gasteiger partial charge in [-0.15, -0.1) is 10.2 Å². The van der Waals surface area contributed by atoms with E-state index in [2.05, 4.69) is 15.2 Å². The molecule has 3 aromatic rings. The number of anilines is 1. The zero-order chi connectivity index (χ0) is 13.4. The Bertz CT molecular complexity index is 782. The van der Waals surface area contributed by atoms with E-state index in [4.69, 9.17) is 5.73 Å². The standard InChI is InChI=1S/C11H8N6O2/c12-9-2-1-7(17(18)19)5-8(9)11-15-14-10-3-4-13-6-16(10)11/h1-6H,12H2. The third kappa shape index (κ3) is 1.75. The van der Waals surface area contributed by atoms with Gasteiger partial charge in [-0.05, 0) is 6.07 Å². The van der Waals surface area contributed by atoms with Crippen molar-refractivity contribution in [2.75, 3.05) is 5.73 Å². The lowest BCUT2D eigenvalue weighted by atomic mass is 10.1. The first-order chi connectivity index (χ1) is 9.16. The molecular formula is C11H8N6O2. The van der Waals surface area contributed by atoms with E-state index in [9.17, 15) is 10.1 Å². The van der Waals surface area contributed by atoms with Crippen molar-refractivity contribution in [3.8, 4) is 11.4 Å². The van der Waals surface area contributed by atoms with E-state index in [1.807, 2.05) is 0 Å². The number of fused-ring (bicyclic) bond motifs is 1. The fourth-order valence-corrected chi connectivity index (χ4v) is 1.78. The average Bonchev–Trinajstić information content (AvgIpc) is 2.83. The van der Waals surface area contributed by atoms with Gasteiger partial charge in [0.25, 0.3) is 5.69 Å². The molecule has 0 bridgehead atoms. The molecule has 2 aromatic heterocycles. The van der Waals surface area contributed by atoms with Gasteiger partial charge < -0.3 is 5.73 Å². The number of nitrogen functional groups attached to an aromatic ring is 1. The van der Waals surface area contributed by atoms with Gasteiger partial charge in [-0.1, -0.05) is 0 Å². The predicted molar refractivity (Wildman–Crippen MR) is 67.3 cm³/mol. The molecule has 8 heteroatoms. The van der Waals surface area contributed by atoms with Crippen molar-refractivity contribution in [1.29, 1.82) is 0 Å². The molecule has 0 aliphatic heterocycles. The number of rotatable bonds is 2. The summed E-state index contributed by atoms with van der Waals surface area (Å²) in [4.78, 5) is 14.3. The quantitative estimate of drug-likeness (QED) is 0.420. The van der Waals surface area contributed by atoms with Gasteiger partial charge in [0.15, 0.2) is 11.5 Å². The Labute approximate surface area is 106 Å². The molecule has 0 aliphatic rings. The fraction of sp³-hybridized carbons (Fsp3) is 0. The van der Waals surface area contributed by atoms with Crippen LogP contribution >= 0.6 is 0 Å². The highest BCUT2D eigenvalue weighted by atomic mass is 16.6. The molecule has 1 aromatic carbocycles. The molecular weight excluding hydrogens is 248 g/mol. The molecule has 0 atom stereocenters. The van der Waals surface area contributed by atoms with Crippen LogP contribution in [-0.2, 0) is 0 Å². The number of aromatic nitrogens is 4. The van der Waals surface area contributed by atoms with Crippen LogP contribution in [0.1, 0.15) is 0 Å². The molecule has 3 rings (SSSR count). The molecule has 0 fully saturated rings. The van der Waals surface area contributed by atoms with Crippen molar-refractivity contribution in [2.24, 2.45) is 0 Å². The first kappa shape index (κ1) is 11.1. The Hall–Kier alpha value is -3.03. The van der Waals surface area contributed by atoms with Crippen LogP contribution in [-0.4, -0.2) is 24.5 Å². The monoisotopic (exact) mass is 256 g/mol. The number of nitrogens with two attached hydrogens (primary N) is 1. The minimum absolute atomic E-state index is 0.0511. The van der Waals surface area contributed by atoms with Gasteiger partial charge in [0.2, 0.25) is 0 Å². The summed E-state index contributed by atoms with van der Waals surface area (Å²) in [6.07, 6.45) is 3.12. The number of nitrogens with zero attached hydrogens (tertiary/aromatic N) is 5. The van der Waals surface area contributed by atoms with Gasteiger partial charge in [0.05, 0.1) is 4.92 Å². The highest BCUT2D eigenvalue weighted by Crippen LogP contribution is 2.28. The molecule has 0 saturated heterocycles. The number of non-ortho nitro benzene ring substituents is 1. The topological polar surface area (TPSA) is 112 Å². The number of hydrogen-bond donors (Lipinski definition) is 1. The first-order valence-corrected chi connectivity index (χ1v) is 5.36. The molecule has 0 saturated carbocycles. The first-order valence-electron chi connectivity index (χ1n) is 5.36. The van der Waals surface area contributed by atoms with Crippen molar-refractivity contribution < 1.29 is 4.92 Å². The highest BCUT2D eigenvalue weighted by Gasteiger charge is 2.15. The summed E-state index contributed by atoms with van der Waals surface area (Å²) in [6.45, 7) is 0. The van der Waals surface area contributed by atoms with Crippen LogP contribution in [0, 0.1) is 10.1 Å². The minimum Gasteiger partial charge on any atom is -0.398 e. The maximum Gasteiger partial charge on any atom is 0.270 e. The van der Waals surface area contributed by atoms with Gasteiger partial charge in [-0.25, -0.2) is 4.98 Å². The zero-order valence-electron chi connectivity index (χ0n) is 9.59. The minimum atomic E-state index is -0.482. The summed E-state index contributed by atoms with van der Waals surface area (Å²) in [5, 5.41) is 18.8. The molecule has 8 nitrogen and oxygen atoms in total. The van der Waals surface area contributed by atoms with Gasteiger partial charge >= 0.3 is 0 Å². The molecule has 0 aliphatic carbocycles. The summed E-state index contributed by atoms with van der Waals surface area (Å²) in [6, 6.07) is 5.88. The molecule has 94 valence electrons. The van der Waals surface area contributed by atoms with Gasteiger partial charge in [-0.3, -0.25) is 14.5 Å². The molecule has 0 amide bonds. The number of nitro groups is 1. The summed E-state index contributed by atoms with van der Waals surface area (Å²) in [7, 11) is 0. The van der Waals surface area contributed by atoms with Crippen LogP contribution in [0.25, 0.3) is 17.0 Å². The lowest BCUT2D eigenvalue weighted by molar-refractivity contribution is -0.384. The lowest BCUT2D eigenvalue weighted by Crippen LogP contribution is -1.97. The molecule has 2 N–H and O–H groups in total. The van der Waals surface area contributed by atoms with Crippen LogP contribution in [0.5, 0.6) is 0 Å². The Balaban J connectivity index is 2.26. The van der Waals surface area contributed by atoms with E-state index in [1.54, 1.807) is 16.7 Å². The van der Waals surface area contributed by atoms with Crippen molar-refractivity contribution in [3.05, 3.63) is 46.9 Å². The van der Waals surface area contributed by atoms with Crippen LogP contribution in [0.3, 0.4) is 0 Å². The van der Waals surface area contributed by atoms with Crippen LogP contribution < -0.4 is 5.73 Å². The zero-order valence-corrected chi connectivity index (χ0v) is 9.59. The molecule has 0 radical (unpaired) electrons. The van der Waals surface area contributed by atoms with Gasteiger partial charge in [0, 0.05) is 35.6 Å². The fourth-order valence-electron chi connectivity index (χ4n) is 1.78. The Morgan fingerprint density at radius 3 is 2.89 bits per heavy atom. The second-order valence-electron chi connectivity index (χ2n) is 3.86. The smallest absolute Gasteiger partial charge is 0.270 e. The van der Waals surface area contributed by atoms with E-state index < -0.39 is 4.92 Å². The van der Waals surface area contributed by atoms with Crippen molar-refractivity contribution in [1.82, 2.24) is 19.6 Å². The van der Waals surface area contributed by atoms with Gasteiger partial charge in [-0.2, -0.15) is 0 Å². The second kappa shape index (κ2) is 4.02. The van der Waals surface area contributed by atoms with E-state index in [1.165, 1.54) is 24.5 Å². The van der Waals surface area contributed by atoms with Crippen molar-refractivity contribution in [2.45, 2.75) is 0 Å². The average molecular weight is 256 g/mol. The van der Waals surface area contributed by atoms with E-state index in [0.717, 1.165) is 0 Å². The lowest BCUT2D eigenvalue weighted by Gasteiger charge is -2.03. The summed E-state index contributed by atoms with van der Waals surface area (Å²) in [5.41, 5.74) is 7.24. The van der Waals surface area contributed by atoms with Crippen LogP contribution in [0.2, 0.25) is 0 Å². The third-order valence-corrected chi connectivity index (χ3v) is 2.70. The molecule has 0 unspecified atom stereocenters. The molecule has 19 heavy (non-hydrogen) atoms. The summed E-state index contributed by atoms with van der Waals surface area (Å²) in [5.74, 6) is 0.421. The van der Waals surface area contributed by atoms with Crippen LogP contribution in [0.15, 0.2) is 36.8 Å². The van der Waals surface area contributed by atoms with Gasteiger partial charge in [0.1, 0.15) is 6.33 Å². The Morgan fingerprint density at radius 1 is 1.26 bits per heavy atom. The van der Waals surface area contributed by atoms with E-state index in [-0.39, 0.29) is 5.69 Å². The number of hydrogen-bond acceptors (Lipinski definition) is 6. The predicted octanol–water partition coefficient (Wildman–Crippen LogP) is 1.28. The van der Waals surface area contributed by atoms with Crippen molar-refractivity contribution >= 4 is 17.0 Å². The van der Waals surface area contributed by atoms with E-state index in [0.29, 0.717) is 22.7 Å². The number of benzene rings is 1. The second-order valence-corrected chi connectivity index (χ2v) is 3.86.